The number of carbonyl (C=O) groups excluding carboxylic acids is 2. The molecule has 0 amide bonds. The number of hydrogen-bond donors (Lipinski definition) is 0. The van der Waals surface area contributed by atoms with Crippen LogP contribution in [-0.4, -0.2) is 24.8 Å². The van der Waals surface area contributed by atoms with Gasteiger partial charge in [-0.2, -0.15) is 0 Å². The maximum absolute atomic E-state index is 12.5. The van der Waals surface area contributed by atoms with E-state index in [0.29, 0.717) is 39.8 Å². The second-order valence-corrected chi connectivity index (χ2v) is 6.03. The Bertz CT molecular complexity index is 891. The predicted octanol–water partition coefficient (Wildman–Crippen LogP) is 4.77. The fourth-order valence-electron chi connectivity index (χ4n) is 2.79. The van der Waals surface area contributed by atoms with Gasteiger partial charge in [0, 0.05) is 11.1 Å². The Kier molecular flexibility index (Phi) is 5.24. The maximum atomic E-state index is 12.5. The zero-order chi connectivity index (χ0) is 18.7. The van der Waals surface area contributed by atoms with Crippen molar-refractivity contribution in [2.24, 2.45) is 0 Å². The van der Waals surface area contributed by atoms with Crippen LogP contribution in [0.15, 0.2) is 54.6 Å². The van der Waals surface area contributed by atoms with Gasteiger partial charge in [-0.05, 0) is 30.7 Å². The summed E-state index contributed by atoms with van der Waals surface area (Å²) >= 11 is 6.31. The number of hydrogen-bond acceptors (Lipinski definition) is 4. The van der Waals surface area contributed by atoms with Crippen molar-refractivity contribution < 1.29 is 19.1 Å². The number of rotatable bonds is 6. The Morgan fingerprint density at radius 3 is 2.31 bits per heavy atom. The Labute approximate surface area is 156 Å². The summed E-state index contributed by atoms with van der Waals surface area (Å²) < 4.78 is 11.2. The van der Waals surface area contributed by atoms with E-state index in [9.17, 15) is 9.59 Å². The van der Waals surface area contributed by atoms with E-state index in [1.54, 1.807) is 42.5 Å². The summed E-state index contributed by atoms with van der Waals surface area (Å²) in [6.45, 7) is 6.16. The predicted molar refractivity (Wildman–Crippen MR) is 101 cm³/mol. The van der Waals surface area contributed by atoms with E-state index in [4.69, 9.17) is 21.1 Å². The molecule has 0 radical (unpaired) electrons. The van der Waals surface area contributed by atoms with Crippen molar-refractivity contribution in [3.8, 4) is 11.5 Å². The molecule has 4 nitrogen and oxygen atoms in total. The fourth-order valence-corrected chi connectivity index (χ4v) is 3.06. The molecule has 0 atom stereocenters. The molecule has 1 aliphatic rings. The summed E-state index contributed by atoms with van der Waals surface area (Å²) in [5, 5.41) is 0.333. The molecule has 1 aliphatic carbocycles. The third-order valence-corrected chi connectivity index (χ3v) is 4.17. The quantitative estimate of drug-likeness (QED) is 0.419. The van der Waals surface area contributed by atoms with Crippen LogP contribution in [0.5, 0.6) is 11.5 Å². The molecule has 5 heteroatoms. The van der Waals surface area contributed by atoms with Crippen LogP contribution in [0.2, 0.25) is 5.02 Å². The molecular formula is C21H17ClO4. The minimum absolute atomic E-state index is 0.115. The van der Waals surface area contributed by atoms with E-state index >= 15 is 0 Å². The molecule has 0 fully saturated rings. The third-order valence-electron chi connectivity index (χ3n) is 3.89. The normalized spacial score (nSPS) is 12.8. The van der Waals surface area contributed by atoms with Gasteiger partial charge >= 0.3 is 0 Å². The molecule has 3 rings (SSSR count). The summed E-state index contributed by atoms with van der Waals surface area (Å²) in [7, 11) is 0. The van der Waals surface area contributed by atoms with Crippen LogP contribution in [-0.2, 0) is 0 Å². The summed E-state index contributed by atoms with van der Waals surface area (Å²) in [5.74, 6) is 0.283. The summed E-state index contributed by atoms with van der Waals surface area (Å²) in [6, 6.07) is 10.1. The molecule has 0 aromatic heterocycles. The van der Waals surface area contributed by atoms with E-state index in [1.807, 2.05) is 6.92 Å². The Balaban J connectivity index is 2.03. The van der Waals surface area contributed by atoms with Crippen molar-refractivity contribution >= 4 is 29.2 Å². The van der Waals surface area contributed by atoms with Crippen LogP contribution in [0.25, 0.3) is 6.08 Å². The van der Waals surface area contributed by atoms with Crippen LogP contribution in [0, 0.1) is 0 Å². The van der Waals surface area contributed by atoms with E-state index in [1.165, 1.54) is 6.08 Å². The number of ether oxygens (including phenoxy) is 2. The van der Waals surface area contributed by atoms with Gasteiger partial charge in [0.05, 0.1) is 17.2 Å². The highest BCUT2D eigenvalue weighted by molar-refractivity contribution is 6.41. The Hall–Kier alpha value is -2.85. The molecule has 0 saturated carbocycles. The minimum atomic E-state index is -0.285. The van der Waals surface area contributed by atoms with Gasteiger partial charge < -0.3 is 9.47 Å². The zero-order valence-electron chi connectivity index (χ0n) is 14.3. The molecule has 0 N–H and O–H groups in total. The Morgan fingerprint density at radius 1 is 1.08 bits per heavy atom. The second-order valence-electron chi connectivity index (χ2n) is 5.62. The average molecular weight is 369 g/mol. The van der Waals surface area contributed by atoms with E-state index in [-0.39, 0.29) is 23.7 Å². The third kappa shape index (κ3) is 3.28. The van der Waals surface area contributed by atoms with Crippen LogP contribution in [0.4, 0.5) is 0 Å². The number of allylic oxidation sites excluding steroid dienone is 1. The Morgan fingerprint density at radius 2 is 1.73 bits per heavy atom. The first kappa shape index (κ1) is 18.0. The van der Waals surface area contributed by atoms with Crippen molar-refractivity contribution in [1.82, 2.24) is 0 Å². The number of fused-ring (bicyclic) bond motifs is 1. The number of benzene rings is 2. The summed E-state index contributed by atoms with van der Waals surface area (Å²) in [4.78, 5) is 25.1. The molecule has 2 aromatic carbocycles. The number of ketones is 2. The van der Waals surface area contributed by atoms with E-state index in [0.717, 1.165) is 0 Å². The average Bonchev–Trinajstić information content (AvgIpc) is 2.87. The molecule has 132 valence electrons. The summed E-state index contributed by atoms with van der Waals surface area (Å²) in [6.07, 6.45) is 3.14. The van der Waals surface area contributed by atoms with Gasteiger partial charge in [0.1, 0.15) is 6.61 Å². The highest BCUT2D eigenvalue weighted by Gasteiger charge is 2.32. The van der Waals surface area contributed by atoms with Gasteiger partial charge in [0.15, 0.2) is 23.1 Å². The molecule has 0 spiro atoms. The van der Waals surface area contributed by atoms with Crippen molar-refractivity contribution in [1.29, 1.82) is 0 Å². The summed E-state index contributed by atoms with van der Waals surface area (Å²) in [5.41, 5.74) is 1.55. The lowest BCUT2D eigenvalue weighted by atomic mass is 10.1. The second kappa shape index (κ2) is 7.58. The molecular weight excluding hydrogens is 352 g/mol. The highest BCUT2D eigenvalue weighted by atomic mass is 35.5. The van der Waals surface area contributed by atoms with E-state index in [2.05, 4.69) is 6.58 Å². The van der Waals surface area contributed by atoms with Gasteiger partial charge in [-0.3, -0.25) is 9.59 Å². The van der Waals surface area contributed by atoms with Gasteiger partial charge in [0.25, 0.3) is 0 Å². The van der Waals surface area contributed by atoms with Crippen LogP contribution in [0.1, 0.15) is 33.2 Å². The van der Waals surface area contributed by atoms with Gasteiger partial charge in [-0.15, -0.1) is 0 Å². The SMILES string of the molecule is C=CCOc1c(Cl)cc(C=C2C(=O)c3ccccc3C2=O)cc1OCC. The first-order chi connectivity index (χ1) is 12.6. The van der Waals surface area contributed by atoms with Crippen molar-refractivity contribution in [2.45, 2.75) is 6.92 Å². The molecule has 0 heterocycles. The van der Waals surface area contributed by atoms with Crippen molar-refractivity contribution in [3.63, 3.8) is 0 Å². The number of Topliss-reactive ketones (excluding diaryl/α,β-unsaturated/α-hetero) is 2. The first-order valence-corrected chi connectivity index (χ1v) is 8.54. The smallest absolute Gasteiger partial charge is 0.197 e. The monoisotopic (exact) mass is 368 g/mol. The molecule has 26 heavy (non-hydrogen) atoms. The van der Waals surface area contributed by atoms with E-state index < -0.39 is 0 Å². The molecule has 0 aliphatic heterocycles. The minimum Gasteiger partial charge on any atom is -0.490 e. The topological polar surface area (TPSA) is 52.6 Å². The first-order valence-electron chi connectivity index (χ1n) is 8.17. The molecule has 0 bridgehead atoms. The number of carbonyl (C=O) groups is 2. The lowest BCUT2D eigenvalue weighted by Gasteiger charge is -2.13. The van der Waals surface area contributed by atoms with Crippen LogP contribution >= 0.6 is 11.6 Å². The van der Waals surface area contributed by atoms with Gasteiger partial charge in [0.2, 0.25) is 0 Å². The van der Waals surface area contributed by atoms with Crippen LogP contribution in [0.3, 0.4) is 0 Å². The van der Waals surface area contributed by atoms with Crippen molar-refractivity contribution in [3.05, 3.63) is 76.3 Å². The van der Waals surface area contributed by atoms with Crippen molar-refractivity contribution in [2.75, 3.05) is 13.2 Å². The maximum Gasteiger partial charge on any atom is 0.197 e. The lowest BCUT2D eigenvalue weighted by molar-refractivity contribution is 0.0990. The highest BCUT2D eigenvalue weighted by Crippen LogP contribution is 2.38. The van der Waals surface area contributed by atoms with Gasteiger partial charge in [-0.25, -0.2) is 0 Å². The fraction of sp³-hybridized carbons (Fsp3) is 0.143. The van der Waals surface area contributed by atoms with Crippen LogP contribution < -0.4 is 9.47 Å². The molecule has 0 unspecified atom stereocenters. The number of halogens is 1. The molecule has 2 aromatic rings. The lowest BCUT2D eigenvalue weighted by Crippen LogP contribution is -2.02. The standard InChI is InChI=1S/C21H17ClO4/c1-3-9-26-21-17(22)11-13(12-18(21)25-4-2)10-16-19(23)14-7-5-6-8-15(14)20(16)24/h3,5-8,10-12H,1,4,9H2,2H3. The largest absolute Gasteiger partial charge is 0.490 e. The zero-order valence-corrected chi connectivity index (χ0v) is 15.0. The van der Waals surface area contributed by atoms with Gasteiger partial charge in [-0.1, -0.05) is 48.5 Å². The molecule has 0 saturated heterocycles.